The van der Waals surface area contributed by atoms with Crippen LogP contribution >= 0.6 is 11.6 Å². The van der Waals surface area contributed by atoms with Crippen LogP contribution in [0.3, 0.4) is 0 Å². The fraction of sp³-hybridized carbons (Fsp3) is 0.500. The molecule has 1 aliphatic heterocycles. The first-order valence-electron chi connectivity index (χ1n) is 5.64. The summed E-state index contributed by atoms with van der Waals surface area (Å²) in [6, 6.07) is 4.71. The van der Waals surface area contributed by atoms with Crippen molar-refractivity contribution in [1.82, 2.24) is 4.90 Å². The molecule has 1 aromatic carbocycles. The van der Waals surface area contributed by atoms with Gasteiger partial charge in [-0.3, -0.25) is 0 Å². The number of likely N-dealkylation sites (N-methyl/N-ethyl adjacent to an activating group) is 1. The zero-order valence-corrected chi connectivity index (χ0v) is 10.5. The van der Waals surface area contributed by atoms with Crippen molar-refractivity contribution in [3.8, 4) is 0 Å². The molecule has 0 radical (unpaired) electrons. The minimum Gasteiger partial charge on any atom is -0.382 e. The lowest BCUT2D eigenvalue weighted by Gasteiger charge is -2.30. The molecular weight excluding hydrogens is 243 g/mol. The fourth-order valence-corrected chi connectivity index (χ4v) is 1.95. The molecule has 94 valence electrons. The van der Waals surface area contributed by atoms with Gasteiger partial charge in [-0.2, -0.15) is 0 Å². The van der Waals surface area contributed by atoms with Crippen molar-refractivity contribution in [2.45, 2.75) is 6.10 Å². The van der Waals surface area contributed by atoms with E-state index in [2.05, 4.69) is 17.3 Å². The zero-order chi connectivity index (χ0) is 12.3. The lowest BCUT2D eigenvalue weighted by Crippen LogP contribution is -2.43. The molecule has 1 heterocycles. The quantitative estimate of drug-likeness (QED) is 0.900. The van der Waals surface area contributed by atoms with Gasteiger partial charge in [0.1, 0.15) is 5.82 Å². The summed E-state index contributed by atoms with van der Waals surface area (Å²) in [5, 5.41) is 3.30. The SMILES string of the molecule is CN1CCOC(CNc2ccc(Cl)c(F)c2)C1. The van der Waals surface area contributed by atoms with E-state index in [-0.39, 0.29) is 11.1 Å². The van der Waals surface area contributed by atoms with E-state index in [1.807, 2.05) is 0 Å². The smallest absolute Gasteiger partial charge is 0.143 e. The highest BCUT2D eigenvalue weighted by atomic mass is 35.5. The molecule has 2 rings (SSSR count). The highest BCUT2D eigenvalue weighted by molar-refractivity contribution is 6.30. The largest absolute Gasteiger partial charge is 0.382 e. The van der Waals surface area contributed by atoms with E-state index >= 15 is 0 Å². The minimum absolute atomic E-state index is 0.143. The topological polar surface area (TPSA) is 24.5 Å². The van der Waals surface area contributed by atoms with E-state index < -0.39 is 5.82 Å². The van der Waals surface area contributed by atoms with Gasteiger partial charge in [-0.05, 0) is 25.2 Å². The molecule has 1 aliphatic rings. The lowest BCUT2D eigenvalue weighted by atomic mass is 10.2. The van der Waals surface area contributed by atoms with Gasteiger partial charge in [-0.1, -0.05) is 11.6 Å². The van der Waals surface area contributed by atoms with E-state index in [4.69, 9.17) is 16.3 Å². The second-order valence-electron chi connectivity index (χ2n) is 4.26. The number of benzene rings is 1. The van der Waals surface area contributed by atoms with Crippen molar-refractivity contribution >= 4 is 17.3 Å². The Morgan fingerprint density at radius 3 is 3.12 bits per heavy atom. The standard InChI is InChI=1S/C12H16ClFN2O/c1-16-4-5-17-10(8-16)7-15-9-2-3-11(13)12(14)6-9/h2-3,6,10,15H,4-5,7-8H2,1H3. The summed E-state index contributed by atoms with van der Waals surface area (Å²) in [5.74, 6) is -0.404. The molecular formula is C12H16ClFN2O. The van der Waals surface area contributed by atoms with Gasteiger partial charge in [0.2, 0.25) is 0 Å². The summed E-state index contributed by atoms with van der Waals surface area (Å²) in [7, 11) is 2.07. The van der Waals surface area contributed by atoms with Gasteiger partial charge < -0.3 is 15.0 Å². The second-order valence-corrected chi connectivity index (χ2v) is 4.67. The third-order valence-electron chi connectivity index (χ3n) is 2.80. The number of halogens is 2. The third-order valence-corrected chi connectivity index (χ3v) is 3.10. The Balaban J connectivity index is 1.86. The molecule has 0 amide bonds. The van der Waals surface area contributed by atoms with Gasteiger partial charge in [0.25, 0.3) is 0 Å². The van der Waals surface area contributed by atoms with Crippen molar-refractivity contribution in [2.75, 3.05) is 38.6 Å². The number of hydrogen-bond acceptors (Lipinski definition) is 3. The number of anilines is 1. The van der Waals surface area contributed by atoms with Gasteiger partial charge in [-0.25, -0.2) is 4.39 Å². The predicted molar refractivity (Wildman–Crippen MR) is 67.1 cm³/mol. The van der Waals surface area contributed by atoms with Crippen LogP contribution in [-0.4, -0.2) is 44.3 Å². The van der Waals surface area contributed by atoms with Crippen LogP contribution in [-0.2, 0) is 4.74 Å². The van der Waals surface area contributed by atoms with Crippen LogP contribution in [0.4, 0.5) is 10.1 Å². The number of ether oxygens (including phenoxy) is 1. The summed E-state index contributed by atoms with van der Waals surface area (Å²) in [6.07, 6.45) is 0.146. The van der Waals surface area contributed by atoms with Crippen LogP contribution in [0.25, 0.3) is 0 Å². The van der Waals surface area contributed by atoms with Crippen molar-refractivity contribution in [2.24, 2.45) is 0 Å². The highest BCUT2D eigenvalue weighted by Crippen LogP contribution is 2.18. The summed E-state index contributed by atoms with van der Waals surface area (Å²) >= 11 is 5.61. The molecule has 1 atom stereocenters. The molecule has 17 heavy (non-hydrogen) atoms. The maximum atomic E-state index is 13.2. The number of nitrogens with zero attached hydrogens (tertiary/aromatic N) is 1. The summed E-state index contributed by atoms with van der Waals surface area (Å²) in [6.45, 7) is 3.28. The molecule has 1 N–H and O–H groups in total. The number of hydrogen-bond donors (Lipinski definition) is 1. The molecule has 5 heteroatoms. The summed E-state index contributed by atoms with van der Waals surface area (Å²) in [5.41, 5.74) is 0.726. The van der Waals surface area contributed by atoms with Crippen molar-refractivity contribution in [3.63, 3.8) is 0 Å². The molecule has 0 spiro atoms. The molecule has 1 fully saturated rings. The Hall–Kier alpha value is -0.840. The van der Waals surface area contributed by atoms with Crippen molar-refractivity contribution in [1.29, 1.82) is 0 Å². The molecule has 0 saturated carbocycles. The first kappa shape index (κ1) is 12.6. The Labute approximate surface area is 106 Å². The van der Waals surface area contributed by atoms with Crippen LogP contribution < -0.4 is 5.32 Å². The monoisotopic (exact) mass is 258 g/mol. The van der Waals surface area contributed by atoms with E-state index in [1.165, 1.54) is 6.07 Å². The second kappa shape index (κ2) is 5.67. The Morgan fingerprint density at radius 1 is 1.59 bits per heavy atom. The Bertz CT molecular complexity index is 389. The maximum absolute atomic E-state index is 13.2. The first-order valence-corrected chi connectivity index (χ1v) is 6.02. The first-order chi connectivity index (χ1) is 8.15. The van der Waals surface area contributed by atoms with E-state index in [9.17, 15) is 4.39 Å². The molecule has 1 unspecified atom stereocenters. The molecule has 1 saturated heterocycles. The lowest BCUT2D eigenvalue weighted by molar-refractivity contribution is -0.0117. The van der Waals surface area contributed by atoms with Crippen LogP contribution in [0.1, 0.15) is 0 Å². The molecule has 0 aromatic heterocycles. The number of nitrogens with one attached hydrogen (secondary N) is 1. The Kier molecular flexibility index (Phi) is 4.20. The van der Waals surface area contributed by atoms with Crippen LogP contribution in [0, 0.1) is 5.82 Å². The van der Waals surface area contributed by atoms with Crippen LogP contribution in [0.2, 0.25) is 5.02 Å². The minimum atomic E-state index is -0.404. The third kappa shape index (κ3) is 3.56. The number of rotatable bonds is 3. The zero-order valence-electron chi connectivity index (χ0n) is 9.75. The fourth-order valence-electron chi connectivity index (χ4n) is 1.83. The molecule has 3 nitrogen and oxygen atoms in total. The molecule has 0 bridgehead atoms. The average molecular weight is 259 g/mol. The van der Waals surface area contributed by atoms with Gasteiger partial charge in [0.15, 0.2) is 0 Å². The van der Waals surface area contributed by atoms with Gasteiger partial charge in [-0.15, -0.1) is 0 Å². The van der Waals surface area contributed by atoms with Gasteiger partial charge in [0.05, 0.1) is 17.7 Å². The van der Waals surface area contributed by atoms with E-state index in [0.717, 1.165) is 25.4 Å². The van der Waals surface area contributed by atoms with E-state index in [0.29, 0.717) is 6.54 Å². The molecule has 1 aromatic rings. The average Bonchev–Trinajstić information content (AvgIpc) is 2.31. The highest BCUT2D eigenvalue weighted by Gasteiger charge is 2.17. The summed E-state index contributed by atoms with van der Waals surface area (Å²) in [4.78, 5) is 2.22. The summed E-state index contributed by atoms with van der Waals surface area (Å²) < 4.78 is 18.8. The van der Waals surface area contributed by atoms with Crippen LogP contribution in [0.5, 0.6) is 0 Å². The maximum Gasteiger partial charge on any atom is 0.143 e. The predicted octanol–water partition coefficient (Wildman–Crippen LogP) is 2.22. The van der Waals surface area contributed by atoms with Crippen LogP contribution in [0.15, 0.2) is 18.2 Å². The van der Waals surface area contributed by atoms with Gasteiger partial charge >= 0.3 is 0 Å². The van der Waals surface area contributed by atoms with Crippen molar-refractivity contribution in [3.05, 3.63) is 29.0 Å². The van der Waals surface area contributed by atoms with Gasteiger partial charge in [0, 0.05) is 25.3 Å². The van der Waals surface area contributed by atoms with E-state index in [1.54, 1.807) is 12.1 Å². The normalized spacial score (nSPS) is 21.5. The molecule has 0 aliphatic carbocycles. The Morgan fingerprint density at radius 2 is 2.41 bits per heavy atom. The number of morpholine rings is 1. The van der Waals surface area contributed by atoms with Crippen molar-refractivity contribution < 1.29 is 9.13 Å².